The molecule has 0 N–H and O–H groups in total. The van der Waals surface area contributed by atoms with Crippen molar-refractivity contribution in [2.45, 2.75) is 0 Å². The van der Waals surface area contributed by atoms with Gasteiger partial charge in [-0.1, -0.05) is 29.3 Å². The summed E-state index contributed by atoms with van der Waals surface area (Å²) in [6.07, 6.45) is 0. The molecule has 0 spiro atoms. The summed E-state index contributed by atoms with van der Waals surface area (Å²) in [6.45, 7) is 0. The van der Waals surface area contributed by atoms with Crippen molar-refractivity contribution in [3.05, 3.63) is 55.8 Å². The summed E-state index contributed by atoms with van der Waals surface area (Å²) in [4.78, 5) is 0. The quantitative estimate of drug-likeness (QED) is 0.592. The van der Waals surface area contributed by atoms with Crippen LogP contribution >= 0.6 is 45.8 Å². The summed E-state index contributed by atoms with van der Waals surface area (Å²) < 4.78 is 14.0. The van der Waals surface area contributed by atoms with Crippen LogP contribution in [-0.4, -0.2) is 0 Å². The first-order chi connectivity index (χ1) is 7.56. The number of hydrogen-bond acceptors (Lipinski definition) is 0. The second-order valence-electron chi connectivity index (χ2n) is 3.29. The van der Waals surface area contributed by atoms with E-state index < -0.39 is 0 Å². The molecule has 2 aromatic rings. The fraction of sp³-hybridized carbons (Fsp3) is 0. The normalized spacial score (nSPS) is 10.5. The Balaban J connectivity index is 2.54. The second-order valence-corrected chi connectivity index (χ2v) is 5.32. The highest BCUT2D eigenvalue weighted by molar-refractivity contribution is 14.1. The summed E-state index contributed by atoms with van der Waals surface area (Å²) in [5, 5.41) is 1.09. The highest BCUT2D eigenvalue weighted by Gasteiger charge is 2.04. The van der Waals surface area contributed by atoms with Crippen LogP contribution in [0.15, 0.2) is 36.4 Å². The first-order valence-electron chi connectivity index (χ1n) is 4.48. The third-order valence-electron chi connectivity index (χ3n) is 2.12. The van der Waals surface area contributed by atoms with Gasteiger partial charge in [0.15, 0.2) is 0 Å². The van der Waals surface area contributed by atoms with E-state index in [2.05, 4.69) is 0 Å². The van der Waals surface area contributed by atoms with Crippen molar-refractivity contribution < 1.29 is 4.39 Å². The third-order valence-corrected chi connectivity index (χ3v) is 3.43. The topological polar surface area (TPSA) is 0 Å². The molecule has 0 atom stereocenters. The van der Waals surface area contributed by atoms with Gasteiger partial charge in [0.2, 0.25) is 0 Å². The molecule has 82 valence electrons. The molecule has 0 fully saturated rings. The van der Waals surface area contributed by atoms with E-state index >= 15 is 0 Å². The predicted octanol–water partition coefficient (Wildman–Crippen LogP) is 5.40. The average molecular weight is 367 g/mol. The maximum absolute atomic E-state index is 13.4. The van der Waals surface area contributed by atoms with Crippen molar-refractivity contribution in [2.24, 2.45) is 0 Å². The smallest absolute Gasteiger partial charge is 0.137 e. The molecule has 16 heavy (non-hydrogen) atoms. The Morgan fingerprint density at radius 1 is 0.875 bits per heavy atom. The fourth-order valence-corrected chi connectivity index (χ4v) is 2.26. The fourth-order valence-electron chi connectivity index (χ4n) is 1.40. The molecule has 0 aliphatic carbocycles. The Kier molecular flexibility index (Phi) is 3.72. The molecule has 0 saturated heterocycles. The predicted molar refractivity (Wildman–Crippen MR) is 74.6 cm³/mol. The molecular weight excluding hydrogens is 361 g/mol. The maximum atomic E-state index is 13.4. The highest BCUT2D eigenvalue weighted by Crippen LogP contribution is 2.28. The van der Waals surface area contributed by atoms with Gasteiger partial charge in [0.05, 0.1) is 0 Å². The van der Waals surface area contributed by atoms with Crippen molar-refractivity contribution in [3.63, 3.8) is 0 Å². The Labute approximate surface area is 117 Å². The van der Waals surface area contributed by atoms with Crippen LogP contribution in [0.2, 0.25) is 10.0 Å². The van der Waals surface area contributed by atoms with E-state index in [4.69, 9.17) is 23.2 Å². The summed E-state index contributed by atoms with van der Waals surface area (Å²) >= 11 is 13.7. The third kappa shape index (κ3) is 2.67. The van der Waals surface area contributed by atoms with Crippen LogP contribution in [0.25, 0.3) is 11.1 Å². The van der Waals surface area contributed by atoms with Crippen molar-refractivity contribution in [1.29, 1.82) is 0 Å². The van der Waals surface area contributed by atoms with Crippen LogP contribution in [0.5, 0.6) is 0 Å². The molecule has 0 radical (unpaired) electrons. The van der Waals surface area contributed by atoms with Gasteiger partial charge < -0.3 is 0 Å². The van der Waals surface area contributed by atoms with E-state index in [1.807, 2.05) is 28.7 Å². The van der Waals surface area contributed by atoms with Crippen LogP contribution in [0, 0.1) is 9.39 Å². The van der Waals surface area contributed by atoms with Crippen LogP contribution in [-0.2, 0) is 0 Å². The van der Waals surface area contributed by atoms with Gasteiger partial charge in [0.25, 0.3) is 0 Å². The lowest BCUT2D eigenvalue weighted by Crippen LogP contribution is -1.84. The van der Waals surface area contributed by atoms with E-state index in [-0.39, 0.29) is 5.82 Å². The largest absolute Gasteiger partial charge is 0.206 e. The summed E-state index contributed by atoms with van der Waals surface area (Å²) in [7, 11) is 0. The van der Waals surface area contributed by atoms with Crippen LogP contribution in [0.3, 0.4) is 0 Å². The first-order valence-corrected chi connectivity index (χ1v) is 6.31. The minimum atomic E-state index is -0.241. The molecule has 0 unspecified atom stereocenters. The molecule has 2 aromatic carbocycles. The van der Waals surface area contributed by atoms with Crippen molar-refractivity contribution in [2.75, 3.05) is 0 Å². The van der Waals surface area contributed by atoms with Crippen LogP contribution < -0.4 is 0 Å². The molecular formula is C12H6Cl2FI. The Morgan fingerprint density at radius 3 is 2.06 bits per heavy atom. The molecule has 0 aliphatic heterocycles. The van der Waals surface area contributed by atoms with Crippen molar-refractivity contribution in [1.82, 2.24) is 0 Å². The first kappa shape index (κ1) is 12.1. The minimum Gasteiger partial charge on any atom is -0.206 e. The lowest BCUT2D eigenvalue weighted by Gasteiger charge is -2.04. The van der Waals surface area contributed by atoms with Gasteiger partial charge in [-0.2, -0.15) is 0 Å². The molecule has 0 heterocycles. The van der Waals surface area contributed by atoms with Crippen LogP contribution in [0.4, 0.5) is 4.39 Å². The van der Waals surface area contributed by atoms with E-state index in [1.165, 1.54) is 6.07 Å². The van der Waals surface area contributed by atoms with Gasteiger partial charge in [-0.3, -0.25) is 0 Å². The van der Waals surface area contributed by atoms with E-state index in [1.54, 1.807) is 24.3 Å². The van der Waals surface area contributed by atoms with Crippen molar-refractivity contribution in [3.8, 4) is 11.1 Å². The van der Waals surface area contributed by atoms with E-state index in [0.29, 0.717) is 13.6 Å². The summed E-state index contributed by atoms with van der Waals surface area (Å²) in [6, 6.07) is 10.2. The maximum Gasteiger partial charge on any atom is 0.137 e. The van der Waals surface area contributed by atoms with Crippen LogP contribution in [0.1, 0.15) is 0 Å². The van der Waals surface area contributed by atoms with Gasteiger partial charge in [0, 0.05) is 13.6 Å². The lowest BCUT2D eigenvalue weighted by molar-refractivity contribution is 0.621. The number of halogens is 4. The molecule has 0 aromatic heterocycles. The zero-order valence-electron chi connectivity index (χ0n) is 7.98. The average Bonchev–Trinajstić information content (AvgIpc) is 2.20. The molecule has 0 amide bonds. The molecule has 0 nitrogen and oxygen atoms in total. The monoisotopic (exact) mass is 366 g/mol. The van der Waals surface area contributed by atoms with Crippen molar-refractivity contribution >= 4 is 45.8 Å². The van der Waals surface area contributed by atoms with Gasteiger partial charge in [-0.05, 0) is 64.0 Å². The highest BCUT2D eigenvalue weighted by atomic mass is 127. The van der Waals surface area contributed by atoms with Gasteiger partial charge in [0.1, 0.15) is 5.82 Å². The second kappa shape index (κ2) is 4.90. The molecule has 0 bridgehead atoms. The van der Waals surface area contributed by atoms with Gasteiger partial charge >= 0.3 is 0 Å². The molecule has 2 rings (SSSR count). The summed E-state index contributed by atoms with van der Waals surface area (Å²) in [5.41, 5.74) is 1.58. The number of rotatable bonds is 1. The van der Waals surface area contributed by atoms with E-state index in [0.717, 1.165) is 11.1 Å². The minimum absolute atomic E-state index is 0.241. The Bertz CT molecular complexity index is 520. The summed E-state index contributed by atoms with van der Waals surface area (Å²) in [5.74, 6) is -0.241. The Morgan fingerprint density at radius 2 is 1.50 bits per heavy atom. The lowest BCUT2D eigenvalue weighted by atomic mass is 10.1. The number of hydrogen-bond donors (Lipinski definition) is 0. The van der Waals surface area contributed by atoms with Gasteiger partial charge in [-0.25, -0.2) is 4.39 Å². The van der Waals surface area contributed by atoms with Gasteiger partial charge in [-0.15, -0.1) is 0 Å². The SMILES string of the molecule is Fc1cc(-c2cc(Cl)cc(Cl)c2)ccc1I. The molecule has 0 aliphatic rings. The molecule has 4 heteroatoms. The number of benzene rings is 2. The molecule has 0 saturated carbocycles. The zero-order chi connectivity index (χ0) is 11.7. The van der Waals surface area contributed by atoms with E-state index in [9.17, 15) is 4.39 Å². The standard InChI is InChI=1S/C12H6Cl2FI/c13-9-3-8(4-10(14)6-9)7-1-2-12(16)11(15)5-7/h1-6H. The Hall–Kier alpha value is -0.320. The zero-order valence-corrected chi connectivity index (χ0v) is 11.6.